The predicted molar refractivity (Wildman–Crippen MR) is 75.9 cm³/mol. The van der Waals surface area contributed by atoms with E-state index in [1.54, 1.807) is 0 Å². The molecule has 0 unspecified atom stereocenters. The van der Waals surface area contributed by atoms with Gasteiger partial charge in [0.15, 0.2) is 0 Å². The molecule has 102 valence electrons. The molecular weight excluding hydrogens is 280 g/mol. The molecular formula is C14H27BrO2. The molecule has 1 fully saturated rings. The Hall–Kier alpha value is 0.400. The summed E-state index contributed by atoms with van der Waals surface area (Å²) in [5.74, 6) is 0. The molecule has 0 amide bonds. The van der Waals surface area contributed by atoms with Crippen LogP contribution in [0.2, 0.25) is 0 Å². The highest BCUT2D eigenvalue weighted by atomic mass is 79.9. The Bertz CT molecular complexity index is 177. The van der Waals surface area contributed by atoms with E-state index in [1.165, 1.54) is 44.9 Å². The summed E-state index contributed by atoms with van der Waals surface area (Å²) in [5, 5.41) is 0.967. The van der Waals surface area contributed by atoms with E-state index < -0.39 is 0 Å². The van der Waals surface area contributed by atoms with Crippen molar-refractivity contribution in [2.24, 2.45) is 0 Å². The molecule has 0 aromatic heterocycles. The maximum Gasteiger partial charge on any atom is 0.0780 e. The van der Waals surface area contributed by atoms with E-state index in [0.29, 0.717) is 0 Å². The molecule has 17 heavy (non-hydrogen) atoms. The summed E-state index contributed by atoms with van der Waals surface area (Å²) in [5.41, 5.74) is 0.0879. The van der Waals surface area contributed by atoms with Crippen LogP contribution in [0.1, 0.15) is 58.3 Å². The molecule has 0 atom stereocenters. The van der Waals surface area contributed by atoms with Crippen LogP contribution in [0.25, 0.3) is 0 Å². The molecule has 0 radical (unpaired) electrons. The first-order chi connectivity index (χ1) is 8.33. The van der Waals surface area contributed by atoms with Crippen molar-refractivity contribution in [3.05, 3.63) is 0 Å². The Kier molecular flexibility index (Phi) is 8.50. The first kappa shape index (κ1) is 15.5. The lowest BCUT2D eigenvalue weighted by atomic mass is 9.97. The molecule has 1 saturated carbocycles. The van der Waals surface area contributed by atoms with Crippen molar-refractivity contribution < 1.29 is 9.47 Å². The highest BCUT2D eigenvalue weighted by Crippen LogP contribution is 2.32. The number of halogens is 1. The Labute approximate surface area is 115 Å². The summed E-state index contributed by atoms with van der Waals surface area (Å²) in [4.78, 5) is 0. The van der Waals surface area contributed by atoms with Crippen LogP contribution in [0.3, 0.4) is 0 Å². The van der Waals surface area contributed by atoms with Gasteiger partial charge in [-0.25, -0.2) is 0 Å². The largest absolute Gasteiger partial charge is 0.379 e. The lowest BCUT2D eigenvalue weighted by Crippen LogP contribution is -2.35. The summed E-state index contributed by atoms with van der Waals surface area (Å²) in [6.45, 7) is 4.55. The molecule has 0 saturated heterocycles. The maximum atomic E-state index is 6.11. The zero-order valence-corrected chi connectivity index (χ0v) is 12.8. The zero-order valence-electron chi connectivity index (χ0n) is 11.2. The number of hydrogen-bond acceptors (Lipinski definition) is 2. The quantitative estimate of drug-likeness (QED) is 0.378. The number of rotatable bonds is 8. The van der Waals surface area contributed by atoms with E-state index in [4.69, 9.17) is 9.47 Å². The first-order valence-electron chi connectivity index (χ1n) is 7.11. The fourth-order valence-corrected chi connectivity index (χ4v) is 3.08. The van der Waals surface area contributed by atoms with Gasteiger partial charge in [0, 0.05) is 11.9 Å². The Morgan fingerprint density at radius 2 is 1.71 bits per heavy atom. The number of ether oxygens (including phenoxy) is 2. The fourth-order valence-electron chi connectivity index (χ4n) is 2.35. The van der Waals surface area contributed by atoms with E-state index in [-0.39, 0.29) is 5.60 Å². The average molecular weight is 307 g/mol. The first-order valence-corrected chi connectivity index (χ1v) is 8.23. The third-order valence-corrected chi connectivity index (χ3v) is 4.56. The maximum absolute atomic E-state index is 6.11. The standard InChI is InChI=1S/C14H27BrO2/c1-2-3-10-16-11-12-17-14(13-15)8-6-4-5-7-9-14/h2-13H2,1H3. The SMILES string of the molecule is CCCCOCCOC1(CBr)CCCCCC1. The van der Waals surface area contributed by atoms with Crippen LogP contribution in [-0.4, -0.2) is 30.8 Å². The molecule has 0 aromatic rings. The summed E-state index contributed by atoms with van der Waals surface area (Å²) in [7, 11) is 0. The molecule has 0 bridgehead atoms. The lowest BCUT2D eigenvalue weighted by Gasteiger charge is -2.31. The van der Waals surface area contributed by atoms with E-state index in [0.717, 1.165) is 31.6 Å². The number of hydrogen-bond donors (Lipinski definition) is 0. The Morgan fingerprint density at radius 1 is 1.00 bits per heavy atom. The minimum atomic E-state index is 0.0879. The topological polar surface area (TPSA) is 18.5 Å². The van der Waals surface area contributed by atoms with E-state index in [1.807, 2.05) is 0 Å². The molecule has 0 heterocycles. The van der Waals surface area contributed by atoms with Gasteiger partial charge in [0.25, 0.3) is 0 Å². The molecule has 3 heteroatoms. The molecule has 2 nitrogen and oxygen atoms in total. The lowest BCUT2D eigenvalue weighted by molar-refractivity contribution is -0.0612. The van der Waals surface area contributed by atoms with Gasteiger partial charge in [0.1, 0.15) is 0 Å². The van der Waals surface area contributed by atoms with Crippen molar-refractivity contribution in [3.8, 4) is 0 Å². The number of unbranched alkanes of at least 4 members (excludes halogenated alkanes) is 1. The summed E-state index contributed by atoms with van der Waals surface area (Å²) in [6, 6.07) is 0. The highest BCUT2D eigenvalue weighted by molar-refractivity contribution is 9.09. The van der Waals surface area contributed by atoms with Crippen LogP contribution in [0.15, 0.2) is 0 Å². The summed E-state index contributed by atoms with van der Waals surface area (Å²) >= 11 is 3.63. The van der Waals surface area contributed by atoms with Crippen molar-refractivity contribution in [2.75, 3.05) is 25.2 Å². The van der Waals surface area contributed by atoms with Crippen molar-refractivity contribution in [3.63, 3.8) is 0 Å². The van der Waals surface area contributed by atoms with Gasteiger partial charge >= 0.3 is 0 Å². The van der Waals surface area contributed by atoms with Gasteiger partial charge in [-0.3, -0.25) is 0 Å². The van der Waals surface area contributed by atoms with Gasteiger partial charge in [0.2, 0.25) is 0 Å². The Morgan fingerprint density at radius 3 is 2.29 bits per heavy atom. The van der Waals surface area contributed by atoms with Gasteiger partial charge < -0.3 is 9.47 Å². The van der Waals surface area contributed by atoms with Crippen LogP contribution in [-0.2, 0) is 9.47 Å². The van der Waals surface area contributed by atoms with Gasteiger partial charge in [-0.2, -0.15) is 0 Å². The molecule has 0 N–H and O–H groups in total. The van der Waals surface area contributed by atoms with Crippen LogP contribution in [0, 0.1) is 0 Å². The minimum Gasteiger partial charge on any atom is -0.379 e. The van der Waals surface area contributed by atoms with Gasteiger partial charge in [0.05, 0.1) is 18.8 Å². The molecule has 1 aliphatic carbocycles. The molecule has 1 aliphatic rings. The van der Waals surface area contributed by atoms with Crippen LogP contribution in [0.5, 0.6) is 0 Å². The fraction of sp³-hybridized carbons (Fsp3) is 1.00. The van der Waals surface area contributed by atoms with Crippen molar-refractivity contribution in [2.45, 2.75) is 63.9 Å². The van der Waals surface area contributed by atoms with Crippen molar-refractivity contribution in [1.29, 1.82) is 0 Å². The van der Waals surface area contributed by atoms with Crippen LogP contribution in [0.4, 0.5) is 0 Å². The van der Waals surface area contributed by atoms with Gasteiger partial charge in [-0.15, -0.1) is 0 Å². The van der Waals surface area contributed by atoms with Crippen LogP contribution < -0.4 is 0 Å². The van der Waals surface area contributed by atoms with Gasteiger partial charge in [-0.1, -0.05) is 55.0 Å². The second-order valence-electron chi connectivity index (χ2n) is 5.05. The normalized spacial score (nSPS) is 20.1. The molecule has 1 rings (SSSR count). The molecule has 0 aromatic carbocycles. The summed E-state index contributed by atoms with van der Waals surface area (Å²) in [6.07, 6.45) is 10.1. The van der Waals surface area contributed by atoms with E-state index >= 15 is 0 Å². The number of alkyl halides is 1. The summed E-state index contributed by atoms with van der Waals surface area (Å²) < 4.78 is 11.7. The average Bonchev–Trinajstić information content (AvgIpc) is 2.60. The Balaban J connectivity index is 2.16. The molecule has 0 aliphatic heterocycles. The monoisotopic (exact) mass is 306 g/mol. The second kappa shape index (κ2) is 9.35. The predicted octanol–water partition coefficient (Wildman–Crippen LogP) is 4.31. The van der Waals surface area contributed by atoms with Crippen LogP contribution >= 0.6 is 15.9 Å². The molecule has 0 spiro atoms. The van der Waals surface area contributed by atoms with Gasteiger partial charge in [-0.05, 0) is 19.3 Å². The van der Waals surface area contributed by atoms with E-state index in [9.17, 15) is 0 Å². The van der Waals surface area contributed by atoms with Crippen molar-refractivity contribution >= 4 is 15.9 Å². The smallest absolute Gasteiger partial charge is 0.0780 e. The third kappa shape index (κ3) is 6.21. The third-order valence-electron chi connectivity index (χ3n) is 3.54. The second-order valence-corrected chi connectivity index (χ2v) is 5.61. The van der Waals surface area contributed by atoms with E-state index in [2.05, 4.69) is 22.9 Å². The minimum absolute atomic E-state index is 0.0879. The highest BCUT2D eigenvalue weighted by Gasteiger charge is 2.30. The van der Waals surface area contributed by atoms with Crippen molar-refractivity contribution in [1.82, 2.24) is 0 Å². The zero-order chi connectivity index (χ0) is 12.4.